The van der Waals surface area contributed by atoms with Crippen molar-refractivity contribution < 1.29 is 4.79 Å². The number of amides is 2. The van der Waals surface area contributed by atoms with Crippen LogP contribution >= 0.6 is 0 Å². The van der Waals surface area contributed by atoms with Crippen molar-refractivity contribution in [2.24, 2.45) is 0 Å². The highest BCUT2D eigenvalue weighted by Crippen LogP contribution is 2.24. The summed E-state index contributed by atoms with van der Waals surface area (Å²) >= 11 is 0. The molecule has 3 aromatic carbocycles. The predicted molar refractivity (Wildman–Crippen MR) is 165 cm³/mol. The van der Waals surface area contributed by atoms with E-state index >= 15 is 0 Å². The van der Waals surface area contributed by atoms with Crippen LogP contribution in [0.15, 0.2) is 90.5 Å². The third kappa shape index (κ3) is 9.11. The van der Waals surface area contributed by atoms with Crippen molar-refractivity contribution in [3.8, 4) is 0 Å². The maximum Gasteiger partial charge on any atom is 0.322 e. The first kappa shape index (κ1) is 28.6. The van der Waals surface area contributed by atoms with E-state index in [9.17, 15) is 4.79 Å². The fraction of sp³-hybridized carbons (Fsp3) is 0.400. The second-order valence-electron chi connectivity index (χ2n) is 10.8. The number of likely N-dealkylation sites (tertiary alicyclic amines) is 1. The van der Waals surface area contributed by atoms with Crippen LogP contribution in [0.2, 0.25) is 0 Å². The number of carbonyl (C=O) groups is 1. The Hall–Kier alpha value is -3.37. The molecule has 4 nitrogen and oxygen atoms in total. The zero-order valence-corrected chi connectivity index (χ0v) is 23.8. The summed E-state index contributed by atoms with van der Waals surface area (Å²) in [5.41, 5.74) is 6.03. The van der Waals surface area contributed by atoms with E-state index in [0.29, 0.717) is 6.54 Å². The lowest BCUT2D eigenvalue weighted by Gasteiger charge is -2.39. The van der Waals surface area contributed by atoms with Crippen molar-refractivity contribution in [2.45, 2.75) is 71.4 Å². The average Bonchev–Trinajstić information content (AvgIpc) is 2.98. The van der Waals surface area contributed by atoms with E-state index in [0.717, 1.165) is 57.4 Å². The maximum absolute atomic E-state index is 13.8. The van der Waals surface area contributed by atoms with Gasteiger partial charge in [0.1, 0.15) is 0 Å². The van der Waals surface area contributed by atoms with Crippen molar-refractivity contribution in [1.82, 2.24) is 9.80 Å². The molecular weight excluding hydrogens is 478 g/mol. The van der Waals surface area contributed by atoms with Gasteiger partial charge in [0.15, 0.2) is 0 Å². The molecule has 3 aromatic rings. The predicted octanol–water partition coefficient (Wildman–Crippen LogP) is 8.41. The standard InChI is InChI=1S/C35H45N3O/c1-3-5-8-17-32(26-30-13-9-6-10-14-30)28-38(35(39)36-33-20-18-29(4-2)19-21-33)34-22-24-37(25-23-34)27-31-15-11-7-12-16-31/h6-7,9-16,18-21,26,34H,3-5,8,17,22-25,27-28H2,1-2H3,(H,36,39)/b32-26+. The first-order valence-corrected chi connectivity index (χ1v) is 14.8. The molecule has 1 aliphatic rings. The normalized spacial score (nSPS) is 14.8. The highest BCUT2D eigenvalue weighted by atomic mass is 16.2. The van der Waals surface area contributed by atoms with E-state index in [4.69, 9.17) is 0 Å². The minimum Gasteiger partial charge on any atom is -0.317 e. The second kappa shape index (κ2) is 15.3. The molecule has 1 saturated heterocycles. The smallest absolute Gasteiger partial charge is 0.317 e. The van der Waals surface area contributed by atoms with Crippen molar-refractivity contribution >= 4 is 17.8 Å². The maximum atomic E-state index is 13.8. The first-order chi connectivity index (χ1) is 19.1. The Labute approximate surface area is 235 Å². The Bertz CT molecular complexity index is 1150. The number of piperidine rings is 1. The minimum atomic E-state index is 0.00945. The highest BCUT2D eigenvalue weighted by Gasteiger charge is 2.29. The van der Waals surface area contributed by atoms with Gasteiger partial charge in [-0.3, -0.25) is 4.90 Å². The van der Waals surface area contributed by atoms with E-state index in [-0.39, 0.29) is 12.1 Å². The van der Waals surface area contributed by atoms with Crippen LogP contribution in [0, 0.1) is 0 Å². The third-order valence-corrected chi connectivity index (χ3v) is 7.77. The Morgan fingerprint density at radius 3 is 2.18 bits per heavy atom. The van der Waals surface area contributed by atoms with Gasteiger partial charge in [0, 0.05) is 37.9 Å². The van der Waals surface area contributed by atoms with Crippen LogP contribution in [-0.4, -0.2) is 41.5 Å². The molecule has 4 rings (SSSR count). The zero-order valence-electron chi connectivity index (χ0n) is 23.8. The molecule has 1 N–H and O–H groups in total. The van der Waals surface area contributed by atoms with Crippen molar-refractivity contribution in [2.75, 3.05) is 25.0 Å². The summed E-state index contributed by atoms with van der Waals surface area (Å²) in [5, 5.41) is 3.22. The fourth-order valence-electron chi connectivity index (χ4n) is 5.42. The van der Waals surface area contributed by atoms with Gasteiger partial charge >= 0.3 is 6.03 Å². The largest absolute Gasteiger partial charge is 0.322 e. The van der Waals surface area contributed by atoms with Gasteiger partial charge < -0.3 is 10.2 Å². The summed E-state index contributed by atoms with van der Waals surface area (Å²) in [4.78, 5) is 18.5. The van der Waals surface area contributed by atoms with E-state index < -0.39 is 0 Å². The second-order valence-corrected chi connectivity index (χ2v) is 10.8. The van der Waals surface area contributed by atoms with Crippen molar-refractivity contribution in [3.63, 3.8) is 0 Å². The summed E-state index contributed by atoms with van der Waals surface area (Å²) in [7, 11) is 0. The van der Waals surface area contributed by atoms with Gasteiger partial charge in [0.05, 0.1) is 0 Å². The fourth-order valence-corrected chi connectivity index (χ4v) is 5.42. The molecule has 0 bridgehead atoms. The Balaban J connectivity index is 1.50. The molecule has 1 aliphatic heterocycles. The monoisotopic (exact) mass is 523 g/mol. The van der Waals surface area contributed by atoms with Gasteiger partial charge in [-0.1, -0.05) is 111 Å². The lowest BCUT2D eigenvalue weighted by atomic mass is 9.99. The van der Waals surface area contributed by atoms with E-state index in [1.807, 2.05) is 12.1 Å². The third-order valence-electron chi connectivity index (χ3n) is 7.77. The molecule has 0 aliphatic carbocycles. The zero-order chi connectivity index (χ0) is 27.3. The number of nitrogens with zero attached hydrogens (tertiary/aromatic N) is 2. The van der Waals surface area contributed by atoms with Crippen LogP contribution in [-0.2, 0) is 13.0 Å². The molecule has 2 amide bonds. The molecule has 0 saturated carbocycles. The van der Waals surface area contributed by atoms with E-state index in [2.05, 4.69) is 108 Å². The number of anilines is 1. The van der Waals surface area contributed by atoms with Gasteiger partial charge in [-0.15, -0.1) is 0 Å². The van der Waals surface area contributed by atoms with Crippen LogP contribution in [0.1, 0.15) is 69.1 Å². The summed E-state index contributed by atoms with van der Waals surface area (Å²) in [6.07, 6.45) is 9.84. The lowest BCUT2D eigenvalue weighted by molar-refractivity contribution is 0.128. The molecule has 0 aromatic heterocycles. The van der Waals surface area contributed by atoms with Crippen LogP contribution in [0.25, 0.3) is 6.08 Å². The quantitative estimate of drug-likeness (QED) is 0.242. The van der Waals surface area contributed by atoms with Crippen LogP contribution in [0.3, 0.4) is 0 Å². The molecular formula is C35H45N3O. The van der Waals surface area contributed by atoms with Crippen LogP contribution < -0.4 is 5.32 Å². The van der Waals surface area contributed by atoms with Crippen LogP contribution in [0.5, 0.6) is 0 Å². The highest BCUT2D eigenvalue weighted by molar-refractivity contribution is 5.89. The minimum absolute atomic E-state index is 0.00945. The van der Waals surface area contributed by atoms with Gasteiger partial charge in [-0.25, -0.2) is 4.79 Å². The molecule has 1 heterocycles. The molecule has 0 radical (unpaired) electrons. The first-order valence-electron chi connectivity index (χ1n) is 14.8. The molecule has 39 heavy (non-hydrogen) atoms. The van der Waals surface area contributed by atoms with Crippen molar-refractivity contribution in [3.05, 3.63) is 107 Å². The Kier molecular flexibility index (Phi) is 11.2. The summed E-state index contributed by atoms with van der Waals surface area (Å²) in [6.45, 7) is 8.04. The van der Waals surface area contributed by atoms with Crippen molar-refractivity contribution in [1.29, 1.82) is 0 Å². The number of aryl methyl sites for hydroxylation is 1. The summed E-state index contributed by atoms with van der Waals surface area (Å²) in [6, 6.07) is 29.7. The van der Waals surface area contributed by atoms with Gasteiger partial charge in [-0.2, -0.15) is 0 Å². The van der Waals surface area contributed by atoms with Gasteiger partial charge in [-0.05, 0) is 60.9 Å². The number of carbonyl (C=O) groups excluding carboxylic acids is 1. The average molecular weight is 524 g/mol. The molecule has 0 atom stereocenters. The molecule has 206 valence electrons. The SMILES string of the molecule is CCCCC/C(=C\c1ccccc1)CN(C(=O)Nc1ccc(CC)cc1)C1CCN(Cc2ccccc2)CC1. The number of unbranched alkanes of at least 4 members (excludes halogenated alkanes) is 2. The van der Waals surface area contributed by atoms with Crippen LogP contribution in [0.4, 0.5) is 10.5 Å². The molecule has 1 fully saturated rings. The number of rotatable bonds is 12. The Morgan fingerprint density at radius 1 is 0.872 bits per heavy atom. The number of urea groups is 1. The number of hydrogen-bond acceptors (Lipinski definition) is 2. The van der Waals surface area contributed by atoms with E-state index in [1.165, 1.54) is 35.1 Å². The number of hydrogen-bond donors (Lipinski definition) is 1. The summed E-state index contributed by atoms with van der Waals surface area (Å²) < 4.78 is 0. The van der Waals surface area contributed by atoms with Gasteiger partial charge in [0.2, 0.25) is 0 Å². The van der Waals surface area contributed by atoms with Gasteiger partial charge in [0.25, 0.3) is 0 Å². The topological polar surface area (TPSA) is 35.6 Å². The number of nitrogens with one attached hydrogen (secondary N) is 1. The lowest BCUT2D eigenvalue weighted by Crippen LogP contribution is -2.49. The number of benzene rings is 3. The molecule has 4 heteroatoms. The summed E-state index contributed by atoms with van der Waals surface area (Å²) in [5.74, 6) is 0. The molecule has 0 spiro atoms. The van der Waals surface area contributed by atoms with E-state index in [1.54, 1.807) is 0 Å². The molecule has 0 unspecified atom stereocenters. The Morgan fingerprint density at radius 2 is 1.54 bits per heavy atom.